The number of amides is 1. The maximum atomic E-state index is 12.7. The summed E-state index contributed by atoms with van der Waals surface area (Å²) in [6, 6.07) is 14.0. The summed E-state index contributed by atoms with van der Waals surface area (Å²) in [7, 11) is 1.68. The van der Waals surface area contributed by atoms with Crippen LogP contribution in [0.15, 0.2) is 47.5 Å². The standard InChI is InChI=1S/C22H26N4O3/c1-23-22(25-18-7-8-19-20(13-18)29-12-4-11-28-19)24-14-21(27)26-10-9-16-5-2-3-6-17(16)15-26/h2-3,5-8,13H,4,9-12,14-15H2,1H3,(H2,23,24,25). The first-order chi connectivity index (χ1) is 14.2. The molecule has 2 aromatic carbocycles. The lowest BCUT2D eigenvalue weighted by atomic mass is 10.00. The molecule has 2 N–H and O–H groups in total. The molecule has 7 nitrogen and oxygen atoms in total. The smallest absolute Gasteiger partial charge is 0.242 e. The number of nitrogens with zero attached hydrogens (tertiary/aromatic N) is 2. The first-order valence-corrected chi connectivity index (χ1v) is 9.95. The summed E-state index contributed by atoms with van der Waals surface area (Å²) in [5, 5.41) is 6.31. The number of guanidine groups is 1. The zero-order valence-corrected chi connectivity index (χ0v) is 16.6. The molecule has 1 amide bonds. The molecule has 0 bridgehead atoms. The number of aliphatic imine (C=N–C) groups is 1. The molecule has 29 heavy (non-hydrogen) atoms. The molecular formula is C22H26N4O3. The Kier molecular flexibility index (Phi) is 5.84. The average molecular weight is 394 g/mol. The van der Waals surface area contributed by atoms with E-state index in [0.29, 0.717) is 31.5 Å². The van der Waals surface area contributed by atoms with E-state index in [4.69, 9.17) is 9.47 Å². The number of fused-ring (bicyclic) bond motifs is 2. The molecule has 2 aliphatic rings. The van der Waals surface area contributed by atoms with Crippen molar-refractivity contribution in [3.63, 3.8) is 0 Å². The van der Waals surface area contributed by atoms with Gasteiger partial charge in [0.2, 0.25) is 5.91 Å². The SMILES string of the molecule is CN=C(NCC(=O)N1CCc2ccccc2C1)Nc1ccc2c(c1)OCCCO2. The Morgan fingerprint density at radius 2 is 1.90 bits per heavy atom. The average Bonchev–Trinajstić information content (AvgIpc) is 3.01. The third-order valence-electron chi connectivity index (χ3n) is 5.12. The Balaban J connectivity index is 1.33. The highest BCUT2D eigenvalue weighted by Gasteiger charge is 2.20. The van der Waals surface area contributed by atoms with Gasteiger partial charge < -0.3 is 25.0 Å². The van der Waals surface area contributed by atoms with Crippen LogP contribution in [0.4, 0.5) is 5.69 Å². The Hall–Kier alpha value is -3.22. The molecule has 152 valence electrons. The van der Waals surface area contributed by atoms with Crippen molar-refractivity contribution >= 4 is 17.6 Å². The van der Waals surface area contributed by atoms with Crippen LogP contribution in [0, 0.1) is 0 Å². The fourth-order valence-electron chi connectivity index (χ4n) is 3.54. The van der Waals surface area contributed by atoms with Crippen LogP contribution in [0.1, 0.15) is 17.5 Å². The topological polar surface area (TPSA) is 75.2 Å². The number of nitrogens with one attached hydrogen (secondary N) is 2. The summed E-state index contributed by atoms with van der Waals surface area (Å²) in [5.41, 5.74) is 3.37. The van der Waals surface area contributed by atoms with E-state index in [9.17, 15) is 4.79 Å². The van der Waals surface area contributed by atoms with Crippen molar-refractivity contribution in [1.82, 2.24) is 10.2 Å². The van der Waals surface area contributed by atoms with Crippen molar-refractivity contribution in [2.75, 3.05) is 38.7 Å². The fourth-order valence-corrected chi connectivity index (χ4v) is 3.54. The first kappa shape index (κ1) is 19.1. The van der Waals surface area contributed by atoms with E-state index >= 15 is 0 Å². The van der Waals surface area contributed by atoms with Gasteiger partial charge in [-0.15, -0.1) is 0 Å². The van der Waals surface area contributed by atoms with Crippen molar-refractivity contribution in [2.45, 2.75) is 19.4 Å². The molecule has 7 heteroatoms. The maximum Gasteiger partial charge on any atom is 0.242 e. The molecule has 0 saturated heterocycles. The van der Waals surface area contributed by atoms with Gasteiger partial charge in [0.25, 0.3) is 0 Å². The number of hydrogen-bond donors (Lipinski definition) is 2. The van der Waals surface area contributed by atoms with Crippen LogP contribution >= 0.6 is 0 Å². The van der Waals surface area contributed by atoms with E-state index < -0.39 is 0 Å². The van der Waals surface area contributed by atoms with Gasteiger partial charge >= 0.3 is 0 Å². The van der Waals surface area contributed by atoms with Crippen LogP contribution in [0.5, 0.6) is 11.5 Å². The molecule has 0 aliphatic carbocycles. The van der Waals surface area contributed by atoms with Gasteiger partial charge in [-0.05, 0) is 29.7 Å². The molecule has 0 radical (unpaired) electrons. The molecule has 2 aromatic rings. The van der Waals surface area contributed by atoms with Gasteiger partial charge in [-0.2, -0.15) is 0 Å². The molecule has 0 unspecified atom stereocenters. The highest BCUT2D eigenvalue weighted by Crippen LogP contribution is 2.32. The molecular weight excluding hydrogens is 368 g/mol. The summed E-state index contributed by atoms with van der Waals surface area (Å²) in [4.78, 5) is 18.8. The van der Waals surface area contributed by atoms with Gasteiger partial charge in [0, 0.05) is 38.3 Å². The summed E-state index contributed by atoms with van der Waals surface area (Å²) in [6.45, 7) is 2.88. The lowest BCUT2D eigenvalue weighted by Gasteiger charge is -2.29. The largest absolute Gasteiger partial charge is 0.490 e. The maximum absolute atomic E-state index is 12.7. The molecule has 0 atom stereocenters. The number of carbonyl (C=O) groups excluding carboxylic acids is 1. The number of hydrogen-bond acceptors (Lipinski definition) is 4. The lowest BCUT2D eigenvalue weighted by molar-refractivity contribution is -0.130. The molecule has 2 aliphatic heterocycles. The molecule has 0 fully saturated rings. The van der Waals surface area contributed by atoms with Crippen molar-refractivity contribution in [3.05, 3.63) is 53.6 Å². The highest BCUT2D eigenvalue weighted by molar-refractivity contribution is 5.96. The van der Waals surface area contributed by atoms with Gasteiger partial charge in [-0.3, -0.25) is 9.79 Å². The second-order valence-electron chi connectivity index (χ2n) is 7.10. The Morgan fingerprint density at radius 3 is 2.72 bits per heavy atom. The van der Waals surface area contributed by atoms with E-state index in [2.05, 4.69) is 27.8 Å². The Morgan fingerprint density at radius 1 is 1.10 bits per heavy atom. The van der Waals surface area contributed by atoms with Crippen molar-refractivity contribution in [3.8, 4) is 11.5 Å². The highest BCUT2D eigenvalue weighted by atomic mass is 16.5. The minimum Gasteiger partial charge on any atom is -0.490 e. The van der Waals surface area contributed by atoms with Crippen molar-refractivity contribution in [1.29, 1.82) is 0 Å². The van der Waals surface area contributed by atoms with Gasteiger partial charge in [-0.25, -0.2) is 0 Å². The Labute approximate surface area is 170 Å². The van der Waals surface area contributed by atoms with Gasteiger partial charge in [0.05, 0.1) is 19.8 Å². The van der Waals surface area contributed by atoms with Crippen LogP contribution in [-0.4, -0.2) is 50.1 Å². The van der Waals surface area contributed by atoms with Gasteiger partial charge in [-0.1, -0.05) is 24.3 Å². The molecule has 0 spiro atoms. The molecule has 0 saturated carbocycles. The van der Waals surface area contributed by atoms with Crippen LogP contribution in [-0.2, 0) is 17.8 Å². The Bertz CT molecular complexity index is 913. The lowest BCUT2D eigenvalue weighted by Crippen LogP contribution is -2.44. The predicted octanol–water partition coefficient (Wildman–Crippen LogP) is 2.42. The third kappa shape index (κ3) is 4.62. The third-order valence-corrected chi connectivity index (χ3v) is 5.12. The number of rotatable bonds is 3. The van der Waals surface area contributed by atoms with E-state index in [0.717, 1.165) is 30.8 Å². The zero-order chi connectivity index (χ0) is 20.1. The fraction of sp³-hybridized carbons (Fsp3) is 0.364. The zero-order valence-electron chi connectivity index (χ0n) is 16.6. The van der Waals surface area contributed by atoms with Crippen LogP contribution < -0.4 is 20.1 Å². The number of ether oxygens (including phenoxy) is 2. The van der Waals surface area contributed by atoms with Crippen molar-refractivity contribution in [2.24, 2.45) is 4.99 Å². The minimum absolute atomic E-state index is 0.0566. The van der Waals surface area contributed by atoms with E-state index in [1.54, 1.807) is 7.05 Å². The quantitative estimate of drug-likeness (QED) is 0.618. The van der Waals surface area contributed by atoms with Gasteiger partial charge in [0.1, 0.15) is 0 Å². The molecule has 0 aromatic heterocycles. The van der Waals surface area contributed by atoms with Crippen LogP contribution in [0.3, 0.4) is 0 Å². The van der Waals surface area contributed by atoms with Crippen molar-refractivity contribution < 1.29 is 14.3 Å². The number of carbonyl (C=O) groups is 1. The van der Waals surface area contributed by atoms with Gasteiger partial charge in [0.15, 0.2) is 17.5 Å². The molecule has 4 rings (SSSR count). The monoisotopic (exact) mass is 394 g/mol. The summed E-state index contributed by atoms with van der Waals surface area (Å²) in [5.74, 6) is 2.05. The summed E-state index contributed by atoms with van der Waals surface area (Å²) >= 11 is 0. The summed E-state index contributed by atoms with van der Waals surface area (Å²) < 4.78 is 11.4. The van der Waals surface area contributed by atoms with E-state index in [-0.39, 0.29) is 12.5 Å². The molecule has 2 heterocycles. The second kappa shape index (κ2) is 8.86. The van der Waals surface area contributed by atoms with E-state index in [1.165, 1.54) is 11.1 Å². The first-order valence-electron chi connectivity index (χ1n) is 9.95. The predicted molar refractivity (Wildman–Crippen MR) is 113 cm³/mol. The van der Waals surface area contributed by atoms with Crippen LogP contribution in [0.2, 0.25) is 0 Å². The normalized spacial score (nSPS) is 15.9. The van der Waals surface area contributed by atoms with Crippen LogP contribution in [0.25, 0.3) is 0 Å². The minimum atomic E-state index is 0.0566. The number of benzene rings is 2. The second-order valence-corrected chi connectivity index (χ2v) is 7.10. The number of anilines is 1. The summed E-state index contributed by atoms with van der Waals surface area (Å²) in [6.07, 6.45) is 1.76. The van der Waals surface area contributed by atoms with E-state index in [1.807, 2.05) is 35.2 Å².